The molecule has 4 heteroatoms. The monoisotopic (exact) mass is 429 g/mol. The average Bonchev–Trinajstić information content (AvgIpc) is 2.63. The zero-order chi connectivity index (χ0) is 18.5. The van der Waals surface area contributed by atoms with Gasteiger partial charge in [-0.05, 0) is 70.7 Å². The molecule has 0 heterocycles. The lowest BCUT2D eigenvalue weighted by Crippen LogP contribution is -2.02. The van der Waals surface area contributed by atoms with E-state index in [4.69, 9.17) is 16.3 Å². The summed E-state index contributed by atoms with van der Waals surface area (Å²) < 4.78 is 6.84. The summed E-state index contributed by atoms with van der Waals surface area (Å²) in [5.41, 5.74) is 5.82. The SMILES string of the molecule is Cc1ccc(C)c(NCc2ccc(OCc3ccccc3Cl)c(Br)c2)c1. The Kier molecular flexibility index (Phi) is 6.23. The van der Waals surface area contributed by atoms with Crippen molar-refractivity contribution in [2.75, 3.05) is 5.32 Å². The van der Waals surface area contributed by atoms with E-state index in [2.05, 4.69) is 65.4 Å². The fourth-order valence-electron chi connectivity index (χ4n) is 2.67. The molecule has 0 unspecified atom stereocenters. The molecule has 2 nitrogen and oxygen atoms in total. The number of halogens is 2. The number of ether oxygens (including phenoxy) is 1. The van der Waals surface area contributed by atoms with Gasteiger partial charge in [-0.1, -0.05) is 48.0 Å². The van der Waals surface area contributed by atoms with Crippen LogP contribution in [0, 0.1) is 13.8 Å². The van der Waals surface area contributed by atoms with Crippen LogP contribution >= 0.6 is 27.5 Å². The second-order valence-corrected chi connectivity index (χ2v) is 7.58. The lowest BCUT2D eigenvalue weighted by Gasteiger charge is -2.13. The average molecular weight is 431 g/mol. The summed E-state index contributed by atoms with van der Waals surface area (Å²) in [6, 6.07) is 20.3. The van der Waals surface area contributed by atoms with E-state index < -0.39 is 0 Å². The molecule has 0 saturated carbocycles. The molecular formula is C22H21BrClNO. The number of benzene rings is 3. The van der Waals surface area contributed by atoms with Crippen molar-refractivity contribution < 1.29 is 4.74 Å². The smallest absolute Gasteiger partial charge is 0.134 e. The minimum atomic E-state index is 0.443. The number of aryl methyl sites for hydroxylation is 2. The van der Waals surface area contributed by atoms with Crippen molar-refractivity contribution in [2.24, 2.45) is 0 Å². The molecule has 26 heavy (non-hydrogen) atoms. The molecule has 1 N–H and O–H groups in total. The maximum Gasteiger partial charge on any atom is 0.134 e. The predicted octanol–water partition coefficient (Wildman–Crippen LogP) is 6.91. The lowest BCUT2D eigenvalue weighted by molar-refractivity contribution is 0.304. The summed E-state index contributed by atoms with van der Waals surface area (Å²) in [7, 11) is 0. The molecule has 0 radical (unpaired) electrons. The first-order valence-electron chi connectivity index (χ1n) is 8.48. The van der Waals surface area contributed by atoms with Crippen LogP contribution < -0.4 is 10.1 Å². The van der Waals surface area contributed by atoms with E-state index in [0.29, 0.717) is 6.61 Å². The number of anilines is 1. The number of hydrogen-bond acceptors (Lipinski definition) is 2. The van der Waals surface area contributed by atoms with Gasteiger partial charge in [0.25, 0.3) is 0 Å². The first-order valence-corrected chi connectivity index (χ1v) is 9.66. The quantitative estimate of drug-likeness (QED) is 0.458. The van der Waals surface area contributed by atoms with Crippen molar-refractivity contribution in [3.05, 3.63) is 92.4 Å². The van der Waals surface area contributed by atoms with Gasteiger partial charge >= 0.3 is 0 Å². The molecule has 0 aliphatic carbocycles. The largest absolute Gasteiger partial charge is 0.488 e. The second-order valence-electron chi connectivity index (χ2n) is 6.32. The van der Waals surface area contributed by atoms with Crippen molar-refractivity contribution in [1.29, 1.82) is 0 Å². The first-order chi connectivity index (χ1) is 12.5. The molecular weight excluding hydrogens is 410 g/mol. The number of nitrogens with one attached hydrogen (secondary N) is 1. The minimum absolute atomic E-state index is 0.443. The summed E-state index contributed by atoms with van der Waals surface area (Å²) in [4.78, 5) is 0. The van der Waals surface area contributed by atoms with E-state index in [9.17, 15) is 0 Å². The molecule has 0 amide bonds. The van der Waals surface area contributed by atoms with Crippen molar-refractivity contribution in [3.63, 3.8) is 0 Å². The molecule has 0 saturated heterocycles. The third kappa shape index (κ3) is 4.80. The standard InChI is InChI=1S/C22H21BrClNO/c1-15-7-8-16(2)21(11-15)25-13-17-9-10-22(19(23)12-17)26-14-18-5-3-4-6-20(18)24/h3-12,25H,13-14H2,1-2H3. The highest BCUT2D eigenvalue weighted by atomic mass is 79.9. The maximum atomic E-state index is 6.18. The van der Waals surface area contributed by atoms with Crippen LogP contribution in [0.2, 0.25) is 5.02 Å². The van der Waals surface area contributed by atoms with Gasteiger partial charge in [-0.2, -0.15) is 0 Å². The van der Waals surface area contributed by atoms with Crippen LogP contribution in [0.3, 0.4) is 0 Å². The van der Waals surface area contributed by atoms with Crippen LogP contribution in [0.1, 0.15) is 22.3 Å². The zero-order valence-electron chi connectivity index (χ0n) is 14.9. The summed E-state index contributed by atoms with van der Waals surface area (Å²) >= 11 is 9.78. The molecule has 0 aliphatic rings. The third-order valence-electron chi connectivity index (χ3n) is 4.21. The molecule has 0 aromatic heterocycles. The van der Waals surface area contributed by atoms with E-state index >= 15 is 0 Å². The fourth-order valence-corrected chi connectivity index (χ4v) is 3.40. The summed E-state index contributed by atoms with van der Waals surface area (Å²) in [6.07, 6.45) is 0. The Labute approximate surface area is 168 Å². The van der Waals surface area contributed by atoms with Gasteiger partial charge in [0.05, 0.1) is 4.47 Å². The van der Waals surface area contributed by atoms with Crippen LogP contribution in [-0.4, -0.2) is 0 Å². The van der Waals surface area contributed by atoms with Crippen LogP contribution in [0.5, 0.6) is 5.75 Å². The van der Waals surface area contributed by atoms with Gasteiger partial charge in [-0.25, -0.2) is 0 Å². The van der Waals surface area contributed by atoms with Gasteiger partial charge in [0.1, 0.15) is 12.4 Å². The highest BCUT2D eigenvalue weighted by molar-refractivity contribution is 9.10. The molecule has 3 aromatic carbocycles. The Morgan fingerprint density at radius 1 is 1.00 bits per heavy atom. The maximum absolute atomic E-state index is 6.18. The molecule has 134 valence electrons. The minimum Gasteiger partial charge on any atom is -0.488 e. The summed E-state index contributed by atoms with van der Waals surface area (Å²) in [6.45, 7) is 5.42. The molecule has 3 rings (SSSR count). The molecule has 0 spiro atoms. The van der Waals surface area contributed by atoms with Crippen LogP contribution in [0.25, 0.3) is 0 Å². The van der Waals surface area contributed by atoms with Gasteiger partial charge in [0.2, 0.25) is 0 Å². The fraction of sp³-hybridized carbons (Fsp3) is 0.182. The van der Waals surface area contributed by atoms with E-state index in [1.165, 1.54) is 22.4 Å². The highest BCUT2D eigenvalue weighted by Crippen LogP contribution is 2.28. The number of rotatable bonds is 6. The normalized spacial score (nSPS) is 10.6. The van der Waals surface area contributed by atoms with Crippen molar-refractivity contribution >= 4 is 33.2 Å². The summed E-state index contributed by atoms with van der Waals surface area (Å²) in [5.74, 6) is 0.806. The van der Waals surface area contributed by atoms with Crippen LogP contribution in [-0.2, 0) is 13.2 Å². The Morgan fingerprint density at radius 2 is 1.81 bits per heavy atom. The van der Waals surface area contributed by atoms with Gasteiger partial charge in [-0.15, -0.1) is 0 Å². The topological polar surface area (TPSA) is 21.3 Å². The Bertz CT molecular complexity index is 910. The van der Waals surface area contributed by atoms with Crippen LogP contribution in [0.4, 0.5) is 5.69 Å². The molecule has 3 aromatic rings. The lowest BCUT2D eigenvalue weighted by atomic mass is 10.1. The molecule has 0 atom stereocenters. The van der Waals surface area contributed by atoms with E-state index in [1.54, 1.807) is 0 Å². The Balaban J connectivity index is 1.64. The Morgan fingerprint density at radius 3 is 2.58 bits per heavy atom. The van der Waals surface area contributed by atoms with Crippen molar-refractivity contribution in [2.45, 2.75) is 27.0 Å². The van der Waals surface area contributed by atoms with Gasteiger partial charge in [0, 0.05) is 22.8 Å². The second kappa shape index (κ2) is 8.61. The van der Waals surface area contributed by atoms with Crippen LogP contribution in [0.15, 0.2) is 65.1 Å². The van der Waals surface area contributed by atoms with E-state index in [-0.39, 0.29) is 0 Å². The number of hydrogen-bond donors (Lipinski definition) is 1. The third-order valence-corrected chi connectivity index (χ3v) is 5.20. The van der Waals surface area contributed by atoms with Gasteiger partial charge in [-0.3, -0.25) is 0 Å². The predicted molar refractivity (Wildman–Crippen MR) is 113 cm³/mol. The Hall–Kier alpha value is -1.97. The first kappa shape index (κ1) is 18.8. The zero-order valence-corrected chi connectivity index (χ0v) is 17.2. The van der Waals surface area contributed by atoms with Crippen molar-refractivity contribution in [3.8, 4) is 5.75 Å². The van der Waals surface area contributed by atoms with E-state index in [0.717, 1.165) is 27.4 Å². The molecule has 0 fully saturated rings. The van der Waals surface area contributed by atoms with Gasteiger partial charge in [0.15, 0.2) is 0 Å². The molecule has 0 aliphatic heterocycles. The van der Waals surface area contributed by atoms with Crippen molar-refractivity contribution in [1.82, 2.24) is 0 Å². The summed E-state index contributed by atoms with van der Waals surface area (Å²) in [5, 5.41) is 4.22. The van der Waals surface area contributed by atoms with E-state index in [1.807, 2.05) is 30.3 Å². The van der Waals surface area contributed by atoms with Gasteiger partial charge < -0.3 is 10.1 Å². The molecule has 0 bridgehead atoms. The highest BCUT2D eigenvalue weighted by Gasteiger charge is 2.06.